The quantitative estimate of drug-likeness (QED) is 0.911. The number of hydrogen-bond acceptors (Lipinski definition) is 8. The van der Waals surface area contributed by atoms with E-state index in [-0.39, 0.29) is 17.6 Å². The normalized spacial score (nSPS) is 17.4. The van der Waals surface area contributed by atoms with Gasteiger partial charge in [0.1, 0.15) is 17.4 Å². The maximum Gasteiger partial charge on any atom is 0.293 e. The molecule has 0 radical (unpaired) electrons. The lowest BCUT2D eigenvalue weighted by atomic mass is 10.2. The third-order valence-corrected chi connectivity index (χ3v) is 4.04. The van der Waals surface area contributed by atoms with Crippen LogP contribution in [0, 0.1) is 0 Å². The third-order valence-electron chi connectivity index (χ3n) is 3.11. The predicted octanol–water partition coefficient (Wildman–Crippen LogP) is 1.60. The topological polar surface area (TPSA) is 104 Å². The summed E-state index contributed by atoms with van der Waals surface area (Å²) < 4.78 is 15.4. The largest absolute Gasteiger partial charge is 0.490 e. The van der Waals surface area contributed by atoms with Gasteiger partial charge in [-0.2, -0.15) is 0 Å². The van der Waals surface area contributed by atoms with Crippen molar-refractivity contribution < 1.29 is 18.7 Å². The van der Waals surface area contributed by atoms with E-state index in [0.717, 1.165) is 30.2 Å². The van der Waals surface area contributed by atoms with Gasteiger partial charge in [0.2, 0.25) is 16.3 Å². The van der Waals surface area contributed by atoms with E-state index in [1.165, 1.54) is 18.4 Å². The van der Waals surface area contributed by atoms with Crippen LogP contribution in [0.1, 0.15) is 34.5 Å². The average Bonchev–Trinajstić information content (AvgIpc) is 3.17. The van der Waals surface area contributed by atoms with Crippen LogP contribution in [-0.2, 0) is 4.74 Å². The Bertz CT molecular complexity index is 735. The smallest absolute Gasteiger partial charge is 0.293 e. The number of nitrogens with one attached hydrogen (secondary N) is 1. The SMILES string of the molecule is COc1coc(C(=O)Nc2nnc([C@H]3CCCO3)s2)cc1=O. The van der Waals surface area contributed by atoms with Crippen molar-refractivity contribution in [1.82, 2.24) is 10.2 Å². The molecule has 2 aromatic heterocycles. The maximum atomic E-state index is 12.0. The Hall–Kier alpha value is -2.26. The summed E-state index contributed by atoms with van der Waals surface area (Å²) in [6.07, 6.45) is 2.93. The second-order valence-corrected chi connectivity index (χ2v) is 5.59. The Labute approximate surface area is 129 Å². The summed E-state index contributed by atoms with van der Waals surface area (Å²) in [6, 6.07) is 1.07. The number of carbonyl (C=O) groups excluding carboxylic acids is 1. The first-order valence-corrected chi connectivity index (χ1v) is 7.42. The van der Waals surface area contributed by atoms with Gasteiger partial charge in [-0.25, -0.2) is 0 Å². The summed E-state index contributed by atoms with van der Waals surface area (Å²) in [7, 11) is 1.35. The van der Waals surface area contributed by atoms with Crippen LogP contribution in [0.5, 0.6) is 5.75 Å². The maximum absolute atomic E-state index is 12.0. The lowest BCUT2D eigenvalue weighted by molar-refractivity contribution is 0.0993. The highest BCUT2D eigenvalue weighted by molar-refractivity contribution is 7.15. The van der Waals surface area contributed by atoms with E-state index in [1.54, 1.807) is 0 Å². The van der Waals surface area contributed by atoms with Crippen molar-refractivity contribution in [2.45, 2.75) is 18.9 Å². The van der Waals surface area contributed by atoms with Crippen LogP contribution in [0.3, 0.4) is 0 Å². The molecule has 1 aliphatic rings. The highest BCUT2D eigenvalue weighted by atomic mass is 32.1. The van der Waals surface area contributed by atoms with Crippen LogP contribution < -0.4 is 15.5 Å². The number of ether oxygens (including phenoxy) is 2. The molecule has 9 heteroatoms. The molecule has 0 aromatic carbocycles. The van der Waals surface area contributed by atoms with E-state index in [0.29, 0.717) is 11.7 Å². The molecular weight excluding hydrogens is 310 g/mol. The molecule has 1 saturated heterocycles. The summed E-state index contributed by atoms with van der Waals surface area (Å²) >= 11 is 1.24. The lowest BCUT2D eigenvalue weighted by Crippen LogP contribution is -2.15. The molecule has 22 heavy (non-hydrogen) atoms. The zero-order chi connectivity index (χ0) is 15.5. The molecule has 1 fully saturated rings. The molecule has 0 spiro atoms. The van der Waals surface area contributed by atoms with Gasteiger partial charge in [-0.1, -0.05) is 11.3 Å². The van der Waals surface area contributed by atoms with Gasteiger partial charge in [-0.05, 0) is 12.8 Å². The van der Waals surface area contributed by atoms with E-state index >= 15 is 0 Å². The van der Waals surface area contributed by atoms with Crippen molar-refractivity contribution in [1.29, 1.82) is 0 Å². The molecule has 0 unspecified atom stereocenters. The van der Waals surface area contributed by atoms with E-state index in [2.05, 4.69) is 15.5 Å². The van der Waals surface area contributed by atoms with Crippen LogP contribution in [0.15, 0.2) is 21.5 Å². The van der Waals surface area contributed by atoms with Crippen molar-refractivity contribution in [2.24, 2.45) is 0 Å². The second-order valence-electron chi connectivity index (χ2n) is 4.58. The second kappa shape index (κ2) is 6.24. The highest BCUT2D eigenvalue weighted by Gasteiger charge is 2.22. The Morgan fingerprint density at radius 2 is 2.36 bits per heavy atom. The fraction of sp³-hybridized carbons (Fsp3) is 0.385. The molecule has 1 aliphatic heterocycles. The molecule has 0 saturated carbocycles. The van der Waals surface area contributed by atoms with Crippen LogP contribution in [-0.4, -0.2) is 29.8 Å². The molecule has 0 aliphatic carbocycles. The molecule has 3 rings (SSSR count). The molecule has 2 aromatic rings. The molecule has 0 bridgehead atoms. The minimum atomic E-state index is -0.574. The van der Waals surface area contributed by atoms with Crippen molar-refractivity contribution in [3.63, 3.8) is 0 Å². The first-order chi connectivity index (χ1) is 10.7. The van der Waals surface area contributed by atoms with Gasteiger partial charge in [-0.3, -0.25) is 14.9 Å². The Kier molecular flexibility index (Phi) is 4.16. The van der Waals surface area contributed by atoms with Crippen LogP contribution >= 0.6 is 11.3 Å². The van der Waals surface area contributed by atoms with Crippen LogP contribution in [0.4, 0.5) is 5.13 Å². The number of hydrogen-bond donors (Lipinski definition) is 1. The zero-order valence-corrected chi connectivity index (χ0v) is 12.5. The van der Waals surface area contributed by atoms with Crippen LogP contribution in [0.2, 0.25) is 0 Å². The molecule has 1 atom stereocenters. The van der Waals surface area contributed by atoms with Gasteiger partial charge < -0.3 is 13.9 Å². The van der Waals surface area contributed by atoms with Gasteiger partial charge in [0.15, 0.2) is 5.76 Å². The molecule has 8 nitrogen and oxygen atoms in total. The number of rotatable bonds is 4. The summed E-state index contributed by atoms with van der Waals surface area (Å²) in [5, 5.41) is 11.5. The van der Waals surface area contributed by atoms with E-state index < -0.39 is 11.3 Å². The van der Waals surface area contributed by atoms with Crippen molar-refractivity contribution in [3.8, 4) is 5.75 Å². The van der Waals surface area contributed by atoms with Crippen molar-refractivity contribution in [2.75, 3.05) is 19.0 Å². The number of carbonyl (C=O) groups is 1. The Morgan fingerprint density at radius 3 is 3.05 bits per heavy atom. The van der Waals surface area contributed by atoms with Gasteiger partial charge in [0.05, 0.1) is 7.11 Å². The number of methoxy groups -OCH3 is 1. The summed E-state index contributed by atoms with van der Waals surface area (Å²) in [4.78, 5) is 23.6. The summed E-state index contributed by atoms with van der Waals surface area (Å²) in [5.41, 5.74) is -0.434. The standard InChI is InChI=1S/C13H13N3O5S/c1-19-10-6-21-9(5-7(10)17)11(18)14-13-16-15-12(22-13)8-3-2-4-20-8/h5-6,8H,2-4H2,1H3,(H,14,16,18)/t8-/m1/s1. The van der Waals surface area contributed by atoms with Gasteiger partial charge in [-0.15, -0.1) is 10.2 Å². The number of anilines is 1. The number of nitrogens with zero attached hydrogens (tertiary/aromatic N) is 2. The number of aromatic nitrogens is 2. The van der Waals surface area contributed by atoms with E-state index in [4.69, 9.17) is 13.9 Å². The van der Waals surface area contributed by atoms with Crippen molar-refractivity contribution >= 4 is 22.4 Å². The first-order valence-electron chi connectivity index (χ1n) is 6.60. The summed E-state index contributed by atoms with van der Waals surface area (Å²) in [5.74, 6) is -0.664. The van der Waals surface area contributed by atoms with Crippen molar-refractivity contribution in [3.05, 3.63) is 33.3 Å². The monoisotopic (exact) mass is 323 g/mol. The third kappa shape index (κ3) is 3.00. The molecular formula is C13H13N3O5S. The minimum absolute atomic E-state index is 0.0353. The van der Waals surface area contributed by atoms with E-state index in [1.807, 2.05) is 0 Å². The molecule has 1 N–H and O–H groups in total. The highest BCUT2D eigenvalue weighted by Crippen LogP contribution is 2.31. The lowest BCUT2D eigenvalue weighted by Gasteiger charge is -2.02. The Balaban J connectivity index is 1.71. The van der Waals surface area contributed by atoms with Gasteiger partial charge in [0, 0.05) is 12.7 Å². The molecule has 1 amide bonds. The van der Waals surface area contributed by atoms with E-state index in [9.17, 15) is 9.59 Å². The van der Waals surface area contributed by atoms with Crippen LogP contribution in [0.25, 0.3) is 0 Å². The number of amides is 1. The Morgan fingerprint density at radius 1 is 1.50 bits per heavy atom. The fourth-order valence-electron chi connectivity index (χ4n) is 2.01. The fourth-order valence-corrected chi connectivity index (χ4v) is 2.84. The first kappa shape index (κ1) is 14.7. The summed E-state index contributed by atoms with van der Waals surface area (Å²) in [6.45, 7) is 0.711. The zero-order valence-electron chi connectivity index (χ0n) is 11.7. The van der Waals surface area contributed by atoms with Gasteiger partial charge in [0.25, 0.3) is 5.91 Å². The molecule has 116 valence electrons. The average molecular weight is 323 g/mol. The molecule has 3 heterocycles. The minimum Gasteiger partial charge on any atom is -0.490 e. The predicted molar refractivity (Wildman–Crippen MR) is 77.3 cm³/mol. The van der Waals surface area contributed by atoms with Gasteiger partial charge >= 0.3 is 0 Å².